The van der Waals surface area contributed by atoms with Crippen LogP contribution in [0.3, 0.4) is 0 Å². The van der Waals surface area contributed by atoms with Gasteiger partial charge < -0.3 is 0 Å². The van der Waals surface area contributed by atoms with E-state index in [9.17, 15) is 0 Å². The molecule has 53 valence electrons. The number of allylic oxidation sites excluding steroid dienone is 2. The maximum atomic E-state index is 3.67. The van der Waals surface area contributed by atoms with Gasteiger partial charge in [0.15, 0.2) is 0 Å². The summed E-state index contributed by atoms with van der Waals surface area (Å²) >= 11 is 0. The first-order valence-corrected chi connectivity index (χ1v) is 5.25. The summed E-state index contributed by atoms with van der Waals surface area (Å²) in [5.41, 5.74) is 0. The van der Waals surface area contributed by atoms with Crippen molar-refractivity contribution in [2.45, 2.75) is 18.6 Å². The van der Waals surface area contributed by atoms with Crippen molar-refractivity contribution in [1.29, 1.82) is 0 Å². The summed E-state index contributed by atoms with van der Waals surface area (Å²) in [5, 5.41) is 0. The molecule has 9 heavy (non-hydrogen) atoms. The third-order valence-corrected chi connectivity index (χ3v) is 2.96. The van der Waals surface area contributed by atoms with Crippen molar-refractivity contribution in [3.8, 4) is 0 Å². The van der Waals surface area contributed by atoms with E-state index in [1.807, 2.05) is 12.2 Å². The molecule has 0 rings (SSSR count). The zero-order chi connectivity index (χ0) is 6.41. The maximum Gasteiger partial charge on any atom is 0.0525 e. The molecule has 0 aromatic rings. The van der Waals surface area contributed by atoms with Gasteiger partial charge in [0.25, 0.3) is 0 Å². The quantitative estimate of drug-likeness (QED) is 0.440. The van der Waals surface area contributed by atoms with Crippen LogP contribution in [0, 0.1) is 0 Å². The number of hydrogen-bond donors (Lipinski definition) is 0. The summed E-state index contributed by atoms with van der Waals surface area (Å²) in [5.74, 6) is 0. The molecule has 0 heterocycles. The van der Waals surface area contributed by atoms with E-state index in [1.54, 1.807) is 0 Å². The Hall–Kier alpha value is -0.0131. The van der Waals surface area contributed by atoms with Crippen LogP contribution in [-0.4, -0.2) is 8.80 Å². The van der Waals surface area contributed by atoms with E-state index in [2.05, 4.69) is 19.7 Å². The van der Waals surface area contributed by atoms with E-state index in [1.165, 1.54) is 12.1 Å². The molecule has 0 atom stereocenters. The van der Waals surface area contributed by atoms with Gasteiger partial charge in [0.05, 0.1) is 8.80 Å². The molecular weight excluding hydrogens is 148 g/mol. The Balaban J connectivity index is 0. The highest BCUT2D eigenvalue weighted by Crippen LogP contribution is 1.98. The van der Waals surface area contributed by atoms with Crippen LogP contribution in [0.4, 0.5) is 0 Å². The summed E-state index contributed by atoms with van der Waals surface area (Å²) in [4.78, 5) is 0. The largest absolute Gasteiger partial charge is 0.147 e. The summed E-state index contributed by atoms with van der Waals surface area (Å²) in [7, 11) is -0.128. The number of rotatable bonds is 4. The van der Waals surface area contributed by atoms with Crippen molar-refractivity contribution < 1.29 is 0 Å². The van der Waals surface area contributed by atoms with Crippen LogP contribution in [0.25, 0.3) is 0 Å². The van der Waals surface area contributed by atoms with Gasteiger partial charge in [-0.25, -0.2) is 0 Å². The van der Waals surface area contributed by atoms with Crippen LogP contribution < -0.4 is 0 Å². The minimum atomic E-state index is -0.128. The molecule has 0 aliphatic heterocycles. The second-order valence-electron chi connectivity index (χ2n) is 1.94. The van der Waals surface area contributed by atoms with Crippen LogP contribution in [0.1, 0.15) is 0 Å². The second kappa shape index (κ2) is 7.99. The first-order chi connectivity index (χ1) is 3.81. The Morgan fingerprint density at radius 2 is 1.56 bits per heavy atom. The van der Waals surface area contributed by atoms with Gasteiger partial charge in [-0.2, -0.15) is 0 Å². The highest BCUT2D eigenvalue weighted by Gasteiger charge is 1.95. The van der Waals surface area contributed by atoms with E-state index in [4.69, 9.17) is 0 Å². The third kappa shape index (κ3) is 7.99. The lowest BCUT2D eigenvalue weighted by atomic mass is 10.7. The molecule has 0 aliphatic rings. The summed E-state index contributed by atoms with van der Waals surface area (Å²) in [6, 6.07) is 2.41. The fourth-order valence-corrected chi connectivity index (χ4v) is 1.73. The van der Waals surface area contributed by atoms with E-state index in [-0.39, 0.29) is 21.2 Å². The fourth-order valence-electron chi connectivity index (χ4n) is 0.576. The van der Waals surface area contributed by atoms with Crippen LogP contribution in [0.15, 0.2) is 25.3 Å². The van der Waals surface area contributed by atoms with Crippen molar-refractivity contribution in [1.82, 2.24) is 0 Å². The Morgan fingerprint density at radius 1 is 1.22 bits per heavy atom. The average Bonchev–Trinajstić information content (AvgIpc) is 1.68. The van der Waals surface area contributed by atoms with Gasteiger partial charge in [0.2, 0.25) is 0 Å². The number of halogens is 1. The molecule has 2 heteroatoms. The topological polar surface area (TPSA) is 0 Å². The lowest BCUT2D eigenvalue weighted by Gasteiger charge is -1.98. The van der Waals surface area contributed by atoms with Crippen LogP contribution >= 0.6 is 12.4 Å². The Bertz CT molecular complexity index is 71.0. The smallest absolute Gasteiger partial charge is 0.0525 e. The zero-order valence-electron chi connectivity index (χ0n) is 5.89. The predicted molar refractivity (Wildman–Crippen MR) is 48.9 cm³/mol. The first-order valence-electron chi connectivity index (χ1n) is 2.84. The molecule has 1 radical (unpaired) electrons. The molecule has 0 nitrogen and oxygen atoms in total. The fraction of sp³-hybridized carbons (Fsp3) is 0.429. The van der Waals surface area contributed by atoms with E-state index >= 15 is 0 Å². The highest BCUT2D eigenvalue weighted by atomic mass is 35.5. The predicted octanol–water partition coefficient (Wildman–Crippen LogP) is 2.90. The molecule has 0 amide bonds. The molecule has 0 fully saturated rings. The Kier molecular flexibility index (Phi) is 10.4. The highest BCUT2D eigenvalue weighted by molar-refractivity contribution is 6.58. The maximum absolute atomic E-state index is 3.67. The van der Waals surface area contributed by atoms with Gasteiger partial charge in [-0.05, 0) is 12.1 Å². The summed E-state index contributed by atoms with van der Waals surface area (Å²) < 4.78 is 0. The Labute approximate surface area is 65.7 Å². The van der Waals surface area contributed by atoms with Gasteiger partial charge in [-0.15, -0.1) is 25.6 Å². The van der Waals surface area contributed by atoms with E-state index in [0.29, 0.717) is 0 Å². The van der Waals surface area contributed by atoms with Crippen LogP contribution in [0.5, 0.6) is 0 Å². The Morgan fingerprint density at radius 3 is 1.78 bits per heavy atom. The molecule has 0 saturated carbocycles. The van der Waals surface area contributed by atoms with E-state index in [0.717, 1.165) is 0 Å². The zero-order valence-corrected chi connectivity index (χ0v) is 7.71. The van der Waals surface area contributed by atoms with Gasteiger partial charge >= 0.3 is 0 Å². The van der Waals surface area contributed by atoms with Gasteiger partial charge in [0, 0.05) is 0 Å². The van der Waals surface area contributed by atoms with Crippen LogP contribution in [0.2, 0.25) is 18.6 Å². The van der Waals surface area contributed by atoms with Crippen molar-refractivity contribution in [2.24, 2.45) is 0 Å². The summed E-state index contributed by atoms with van der Waals surface area (Å²) in [6.45, 7) is 9.65. The van der Waals surface area contributed by atoms with Crippen molar-refractivity contribution in [3.63, 3.8) is 0 Å². The first kappa shape index (κ1) is 11.7. The average molecular weight is 162 g/mol. The van der Waals surface area contributed by atoms with Crippen molar-refractivity contribution in [3.05, 3.63) is 25.3 Å². The molecule has 0 aromatic heterocycles. The molecular formula is C7H14ClSi. The minimum absolute atomic E-state index is 0. The van der Waals surface area contributed by atoms with Gasteiger partial charge in [-0.1, -0.05) is 18.7 Å². The van der Waals surface area contributed by atoms with E-state index < -0.39 is 0 Å². The standard InChI is InChI=1S/C7H13Si.ClH/c1-4-6-8(3)7-5-2;/h4-5H,1-2,6-7H2,3H3;1H. The third-order valence-electron chi connectivity index (χ3n) is 0.986. The summed E-state index contributed by atoms with van der Waals surface area (Å²) in [6.07, 6.45) is 4.00. The normalized spacial score (nSPS) is 8.22. The van der Waals surface area contributed by atoms with Gasteiger partial charge in [-0.3, -0.25) is 0 Å². The van der Waals surface area contributed by atoms with Crippen LogP contribution in [-0.2, 0) is 0 Å². The number of hydrogen-bond acceptors (Lipinski definition) is 0. The van der Waals surface area contributed by atoms with Crippen molar-refractivity contribution in [2.75, 3.05) is 0 Å². The molecule has 0 spiro atoms. The lowest BCUT2D eigenvalue weighted by Crippen LogP contribution is -2.00. The molecule has 0 N–H and O–H groups in total. The molecule has 0 aromatic carbocycles. The molecule has 0 bridgehead atoms. The minimum Gasteiger partial charge on any atom is -0.147 e. The molecule has 0 unspecified atom stereocenters. The monoisotopic (exact) mass is 161 g/mol. The molecule has 0 aliphatic carbocycles. The lowest BCUT2D eigenvalue weighted by molar-refractivity contribution is 1.53. The van der Waals surface area contributed by atoms with Crippen molar-refractivity contribution >= 4 is 21.2 Å². The molecule has 0 saturated heterocycles. The second-order valence-corrected chi connectivity index (χ2v) is 4.67. The SMILES string of the molecule is C=CC[Si](C)CC=C.Cl. The van der Waals surface area contributed by atoms with Gasteiger partial charge in [0.1, 0.15) is 0 Å².